The minimum Gasteiger partial charge on any atom is -0.383 e. The lowest BCUT2D eigenvalue weighted by Crippen LogP contribution is -2.12. The highest BCUT2D eigenvalue weighted by molar-refractivity contribution is 7.10. The van der Waals surface area contributed by atoms with Gasteiger partial charge in [-0.05, 0) is 24.3 Å². The standard InChI is InChI=1S/C13H18N4S/c1-8(2)11-12(14)15-7-16-13(11)17-9(3)10-5-4-6-18-10/h4-9H,1-3H3,(H3,14,15,16,17). The second-order valence-corrected chi connectivity index (χ2v) is 5.54. The molecule has 3 N–H and O–H groups in total. The zero-order valence-electron chi connectivity index (χ0n) is 10.8. The first-order valence-electron chi connectivity index (χ1n) is 6.00. The first kappa shape index (κ1) is 12.8. The summed E-state index contributed by atoms with van der Waals surface area (Å²) in [5.41, 5.74) is 6.92. The van der Waals surface area contributed by atoms with E-state index in [0.29, 0.717) is 11.7 Å². The number of nitrogens with two attached hydrogens (primary N) is 1. The number of hydrogen-bond donors (Lipinski definition) is 2. The summed E-state index contributed by atoms with van der Waals surface area (Å²) in [5.74, 6) is 1.68. The van der Waals surface area contributed by atoms with E-state index < -0.39 is 0 Å². The maximum atomic E-state index is 5.93. The Morgan fingerprint density at radius 2 is 2.06 bits per heavy atom. The van der Waals surface area contributed by atoms with Crippen molar-refractivity contribution in [3.63, 3.8) is 0 Å². The molecule has 0 aliphatic heterocycles. The molecule has 1 atom stereocenters. The SMILES string of the molecule is CC(C)c1c(N)ncnc1NC(C)c1cccs1. The van der Waals surface area contributed by atoms with E-state index in [1.165, 1.54) is 11.2 Å². The molecule has 0 aliphatic rings. The van der Waals surface area contributed by atoms with E-state index in [2.05, 4.69) is 53.6 Å². The fourth-order valence-corrected chi connectivity index (χ4v) is 2.64. The van der Waals surface area contributed by atoms with Crippen molar-refractivity contribution < 1.29 is 0 Å². The van der Waals surface area contributed by atoms with Crippen LogP contribution in [0.5, 0.6) is 0 Å². The number of nitrogen functional groups attached to an aromatic ring is 1. The number of anilines is 2. The van der Waals surface area contributed by atoms with Gasteiger partial charge in [0.1, 0.15) is 18.0 Å². The van der Waals surface area contributed by atoms with Crippen molar-refractivity contribution in [1.29, 1.82) is 0 Å². The molecule has 2 aromatic heterocycles. The fourth-order valence-electron chi connectivity index (χ4n) is 1.91. The predicted molar refractivity (Wildman–Crippen MR) is 76.9 cm³/mol. The average Bonchev–Trinajstić information content (AvgIpc) is 2.81. The van der Waals surface area contributed by atoms with Crippen LogP contribution in [0.4, 0.5) is 11.6 Å². The van der Waals surface area contributed by atoms with E-state index in [-0.39, 0.29) is 6.04 Å². The summed E-state index contributed by atoms with van der Waals surface area (Å²) < 4.78 is 0. The number of nitrogens with one attached hydrogen (secondary N) is 1. The molecule has 0 saturated carbocycles. The van der Waals surface area contributed by atoms with Crippen LogP contribution in [0.3, 0.4) is 0 Å². The van der Waals surface area contributed by atoms with Gasteiger partial charge in [-0.1, -0.05) is 19.9 Å². The molecule has 5 heteroatoms. The Labute approximate surface area is 111 Å². The van der Waals surface area contributed by atoms with Crippen molar-refractivity contribution in [2.24, 2.45) is 0 Å². The van der Waals surface area contributed by atoms with Crippen LogP contribution in [-0.4, -0.2) is 9.97 Å². The summed E-state index contributed by atoms with van der Waals surface area (Å²) in [7, 11) is 0. The van der Waals surface area contributed by atoms with Crippen molar-refractivity contribution in [2.75, 3.05) is 11.1 Å². The van der Waals surface area contributed by atoms with E-state index in [9.17, 15) is 0 Å². The van der Waals surface area contributed by atoms with Gasteiger partial charge < -0.3 is 11.1 Å². The van der Waals surface area contributed by atoms with Gasteiger partial charge in [0.15, 0.2) is 0 Å². The lowest BCUT2D eigenvalue weighted by molar-refractivity contribution is 0.828. The van der Waals surface area contributed by atoms with Crippen LogP contribution in [0.2, 0.25) is 0 Å². The van der Waals surface area contributed by atoms with E-state index in [4.69, 9.17) is 5.73 Å². The van der Waals surface area contributed by atoms with Gasteiger partial charge in [0.25, 0.3) is 0 Å². The van der Waals surface area contributed by atoms with Crippen molar-refractivity contribution in [3.05, 3.63) is 34.3 Å². The van der Waals surface area contributed by atoms with Crippen LogP contribution in [0.25, 0.3) is 0 Å². The minimum absolute atomic E-state index is 0.219. The molecule has 0 radical (unpaired) electrons. The van der Waals surface area contributed by atoms with Crippen molar-refractivity contribution in [2.45, 2.75) is 32.7 Å². The van der Waals surface area contributed by atoms with Gasteiger partial charge >= 0.3 is 0 Å². The lowest BCUT2D eigenvalue weighted by atomic mass is 10.0. The van der Waals surface area contributed by atoms with Crippen LogP contribution >= 0.6 is 11.3 Å². The molecule has 0 aromatic carbocycles. The molecule has 96 valence electrons. The predicted octanol–water partition coefficient (Wildman–Crippen LogP) is 3.42. The fraction of sp³-hybridized carbons (Fsp3) is 0.385. The topological polar surface area (TPSA) is 63.8 Å². The van der Waals surface area contributed by atoms with E-state index in [1.807, 2.05) is 0 Å². The average molecular weight is 262 g/mol. The Balaban J connectivity index is 2.26. The molecule has 0 amide bonds. The van der Waals surface area contributed by atoms with Gasteiger partial charge in [-0.2, -0.15) is 0 Å². The van der Waals surface area contributed by atoms with Crippen molar-refractivity contribution in [1.82, 2.24) is 9.97 Å². The summed E-state index contributed by atoms with van der Waals surface area (Å²) in [6.07, 6.45) is 1.50. The molecule has 18 heavy (non-hydrogen) atoms. The lowest BCUT2D eigenvalue weighted by Gasteiger charge is -2.18. The molecule has 0 spiro atoms. The highest BCUT2D eigenvalue weighted by Crippen LogP contribution is 2.29. The molecule has 2 heterocycles. The number of hydrogen-bond acceptors (Lipinski definition) is 5. The molecule has 0 fully saturated rings. The monoisotopic (exact) mass is 262 g/mol. The van der Waals surface area contributed by atoms with Gasteiger partial charge in [0.2, 0.25) is 0 Å². The first-order valence-corrected chi connectivity index (χ1v) is 6.88. The van der Waals surface area contributed by atoms with Gasteiger partial charge in [-0.25, -0.2) is 9.97 Å². The third kappa shape index (κ3) is 2.61. The van der Waals surface area contributed by atoms with E-state index in [1.54, 1.807) is 11.3 Å². The van der Waals surface area contributed by atoms with Crippen LogP contribution < -0.4 is 11.1 Å². The largest absolute Gasteiger partial charge is 0.383 e. The Kier molecular flexibility index (Phi) is 3.81. The Hall–Kier alpha value is -1.62. The van der Waals surface area contributed by atoms with Crippen LogP contribution in [0.1, 0.15) is 43.2 Å². The molecule has 1 unspecified atom stereocenters. The number of aromatic nitrogens is 2. The second kappa shape index (κ2) is 5.35. The Bertz CT molecular complexity index is 508. The van der Waals surface area contributed by atoms with Gasteiger partial charge in [-0.3, -0.25) is 0 Å². The molecule has 0 saturated heterocycles. The van der Waals surface area contributed by atoms with E-state index >= 15 is 0 Å². The summed E-state index contributed by atoms with van der Waals surface area (Å²) in [5, 5.41) is 5.49. The van der Waals surface area contributed by atoms with Crippen molar-refractivity contribution in [3.8, 4) is 0 Å². The molecule has 4 nitrogen and oxygen atoms in total. The van der Waals surface area contributed by atoms with Crippen molar-refractivity contribution >= 4 is 23.0 Å². The Morgan fingerprint density at radius 3 is 2.67 bits per heavy atom. The molecule has 2 rings (SSSR count). The third-order valence-electron chi connectivity index (χ3n) is 2.82. The maximum Gasteiger partial charge on any atom is 0.135 e. The number of rotatable bonds is 4. The van der Waals surface area contributed by atoms with Crippen LogP contribution in [-0.2, 0) is 0 Å². The zero-order chi connectivity index (χ0) is 13.1. The van der Waals surface area contributed by atoms with Gasteiger partial charge in [0, 0.05) is 10.4 Å². The third-order valence-corrected chi connectivity index (χ3v) is 3.87. The molecular weight excluding hydrogens is 244 g/mol. The summed E-state index contributed by atoms with van der Waals surface area (Å²) >= 11 is 1.73. The molecular formula is C13H18N4S. The smallest absolute Gasteiger partial charge is 0.135 e. The summed E-state index contributed by atoms with van der Waals surface area (Å²) in [6.45, 7) is 6.31. The first-order chi connectivity index (χ1) is 8.59. The Morgan fingerprint density at radius 1 is 1.28 bits per heavy atom. The number of thiophene rings is 1. The quantitative estimate of drug-likeness (QED) is 0.886. The minimum atomic E-state index is 0.219. The summed E-state index contributed by atoms with van der Waals surface area (Å²) in [4.78, 5) is 9.65. The maximum absolute atomic E-state index is 5.93. The number of nitrogens with zero attached hydrogens (tertiary/aromatic N) is 2. The van der Waals surface area contributed by atoms with Gasteiger partial charge in [-0.15, -0.1) is 11.3 Å². The molecule has 0 bridgehead atoms. The zero-order valence-corrected chi connectivity index (χ0v) is 11.7. The highest BCUT2D eigenvalue weighted by Gasteiger charge is 2.15. The normalized spacial score (nSPS) is 12.7. The second-order valence-electron chi connectivity index (χ2n) is 4.56. The molecule has 2 aromatic rings. The van der Waals surface area contributed by atoms with E-state index in [0.717, 1.165) is 11.4 Å². The highest BCUT2D eigenvalue weighted by atomic mass is 32.1. The van der Waals surface area contributed by atoms with Gasteiger partial charge in [0.05, 0.1) is 6.04 Å². The summed E-state index contributed by atoms with van der Waals surface area (Å²) in [6, 6.07) is 4.38. The molecule has 0 aliphatic carbocycles. The van der Waals surface area contributed by atoms with Crippen LogP contribution in [0, 0.1) is 0 Å². The van der Waals surface area contributed by atoms with Crippen LogP contribution in [0.15, 0.2) is 23.8 Å².